The molecule has 0 bridgehead atoms. The lowest BCUT2D eigenvalue weighted by molar-refractivity contribution is -0.115. The number of Topliss-reactive ketones (excluding diaryl/α,β-unsaturated/α-hetero) is 1. The quantitative estimate of drug-likeness (QED) is 0.605. The lowest BCUT2D eigenvalue weighted by Gasteiger charge is -2.09. The number of aromatic nitrogens is 1. The van der Waals surface area contributed by atoms with Crippen LogP contribution in [0.5, 0.6) is 5.75 Å². The SMILES string of the molecule is COc1ccc(CC(=O)Nc2ccc(Nc3cccc(C(C)=O)c3)nc2)cc1. The van der Waals surface area contributed by atoms with Gasteiger partial charge in [-0.3, -0.25) is 9.59 Å². The number of hydrogen-bond donors (Lipinski definition) is 2. The Morgan fingerprint density at radius 2 is 1.79 bits per heavy atom. The highest BCUT2D eigenvalue weighted by Gasteiger charge is 2.06. The molecule has 0 aliphatic rings. The second-order valence-electron chi connectivity index (χ2n) is 6.27. The maximum absolute atomic E-state index is 12.2. The molecule has 3 rings (SSSR count). The molecule has 2 aromatic carbocycles. The fraction of sp³-hybridized carbons (Fsp3) is 0.136. The number of methoxy groups -OCH3 is 1. The van der Waals surface area contributed by atoms with Gasteiger partial charge >= 0.3 is 0 Å². The standard InChI is InChI=1S/C22H21N3O3/c1-15(26)17-4-3-5-18(13-17)24-21-11-8-19(14-23-21)25-22(27)12-16-6-9-20(28-2)10-7-16/h3-11,13-14H,12H2,1-2H3,(H,23,24)(H,25,27). The zero-order valence-corrected chi connectivity index (χ0v) is 15.7. The average molecular weight is 375 g/mol. The number of hydrogen-bond acceptors (Lipinski definition) is 5. The van der Waals surface area contributed by atoms with Gasteiger partial charge in [-0.1, -0.05) is 24.3 Å². The van der Waals surface area contributed by atoms with Crippen LogP contribution in [0.15, 0.2) is 66.9 Å². The molecule has 6 nitrogen and oxygen atoms in total. The van der Waals surface area contributed by atoms with E-state index < -0.39 is 0 Å². The van der Waals surface area contributed by atoms with Crippen molar-refractivity contribution in [2.75, 3.05) is 17.7 Å². The summed E-state index contributed by atoms with van der Waals surface area (Å²) in [5.41, 5.74) is 2.92. The predicted octanol–water partition coefficient (Wildman–Crippen LogP) is 4.22. The van der Waals surface area contributed by atoms with Crippen molar-refractivity contribution in [3.63, 3.8) is 0 Å². The minimum absolute atomic E-state index is 0.00605. The fourth-order valence-electron chi connectivity index (χ4n) is 2.64. The molecule has 1 amide bonds. The molecule has 0 radical (unpaired) electrons. The van der Waals surface area contributed by atoms with E-state index in [0.29, 0.717) is 17.1 Å². The Labute approximate surface area is 163 Å². The van der Waals surface area contributed by atoms with Crippen LogP contribution < -0.4 is 15.4 Å². The number of anilines is 3. The molecule has 28 heavy (non-hydrogen) atoms. The van der Waals surface area contributed by atoms with Crippen LogP contribution in [0.1, 0.15) is 22.8 Å². The number of amides is 1. The molecule has 0 aliphatic heterocycles. The van der Waals surface area contributed by atoms with Crippen LogP contribution in [0.3, 0.4) is 0 Å². The van der Waals surface area contributed by atoms with Gasteiger partial charge in [0.05, 0.1) is 25.4 Å². The Morgan fingerprint density at radius 3 is 2.43 bits per heavy atom. The zero-order valence-electron chi connectivity index (χ0n) is 15.7. The summed E-state index contributed by atoms with van der Waals surface area (Å²) in [7, 11) is 1.60. The van der Waals surface area contributed by atoms with E-state index in [2.05, 4.69) is 15.6 Å². The molecule has 0 spiro atoms. The number of carbonyl (C=O) groups is 2. The molecule has 0 unspecified atom stereocenters. The minimum Gasteiger partial charge on any atom is -0.497 e. The highest BCUT2D eigenvalue weighted by Crippen LogP contribution is 2.18. The maximum atomic E-state index is 12.2. The first-order valence-electron chi connectivity index (χ1n) is 8.80. The van der Waals surface area contributed by atoms with Crippen molar-refractivity contribution in [1.29, 1.82) is 0 Å². The number of ketones is 1. The molecule has 0 atom stereocenters. The second-order valence-corrected chi connectivity index (χ2v) is 6.27. The molecule has 0 aliphatic carbocycles. The van der Waals surface area contributed by atoms with E-state index in [1.165, 1.54) is 6.92 Å². The number of pyridine rings is 1. The van der Waals surface area contributed by atoms with Crippen molar-refractivity contribution in [3.8, 4) is 5.75 Å². The Morgan fingerprint density at radius 1 is 1.00 bits per heavy atom. The summed E-state index contributed by atoms with van der Waals surface area (Å²) in [5.74, 6) is 1.26. The number of benzene rings is 2. The lowest BCUT2D eigenvalue weighted by atomic mass is 10.1. The van der Waals surface area contributed by atoms with Crippen molar-refractivity contribution >= 4 is 28.9 Å². The molecule has 0 saturated carbocycles. The Bertz CT molecular complexity index is 967. The van der Waals surface area contributed by atoms with Gasteiger partial charge in [0, 0.05) is 11.3 Å². The summed E-state index contributed by atoms with van der Waals surface area (Å²) < 4.78 is 5.11. The fourth-order valence-corrected chi connectivity index (χ4v) is 2.64. The second kappa shape index (κ2) is 8.81. The van der Waals surface area contributed by atoms with Crippen LogP contribution >= 0.6 is 0 Å². The summed E-state index contributed by atoms with van der Waals surface area (Å²) in [4.78, 5) is 28.0. The van der Waals surface area contributed by atoms with Gasteiger partial charge in [0.15, 0.2) is 5.78 Å². The molecule has 2 N–H and O–H groups in total. The largest absolute Gasteiger partial charge is 0.497 e. The number of rotatable bonds is 7. The highest BCUT2D eigenvalue weighted by atomic mass is 16.5. The normalized spacial score (nSPS) is 10.2. The average Bonchev–Trinajstić information content (AvgIpc) is 2.70. The molecular weight excluding hydrogens is 354 g/mol. The van der Waals surface area contributed by atoms with E-state index in [4.69, 9.17) is 4.74 Å². The number of ether oxygens (including phenoxy) is 1. The maximum Gasteiger partial charge on any atom is 0.228 e. The topological polar surface area (TPSA) is 80.3 Å². The molecule has 0 saturated heterocycles. The third-order valence-corrected chi connectivity index (χ3v) is 4.11. The minimum atomic E-state index is -0.123. The van der Waals surface area contributed by atoms with Gasteiger partial charge in [0.1, 0.15) is 11.6 Å². The third kappa shape index (κ3) is 5.17. The first-order chi connectivity index (χ1) is 13.5. The van der Waals surface area contributed by atoms with Crippen molar-refractivity contribution in [2.45, 2.75) is 13.3 Å². The van der Waals surface area contributed by atoms with E-state index in [9.17, 15) is 9.59 Å². The summed E-state index contributed by atoms with van der Waals surface area (Å²) in [5, 5.41) is 5.97. The van der Waals surface area contributed by atoms with Gasteiger partial charge in [-0.2, -0.15) is 0 Å². The van der Waals surface area contributed by atoms with Gasteiger partial charge in [-0.05, 0) is 48.9 Å². The Balaban J connectivity index is 1.58. The van der Waals surface area contributed by atoms with Gasteiger partial charge in [-0.15, -0.1) is 0 Å². The first-order valence-corrected chi connectivity index (χ1v) is 8.80. The van der Waals surface area contributed by atoms with Crippen molar-refractivity contribution in [1.82, 2.24) is 4.98 Å². The smallest absolute Gasteiger partial charge is 0.228 e. The summed E-state index contributed by atoms with van der Waals surface area (Å²) in [6, 6.07) is 18.1. The van der Waals surface area contributed by atoms with E-state index in [1.54, 1.807) is 37.6 Å². The van der Waals surface area contributed by atoms with E-state index >= 15 is 0 Å². The molecule has 1 aromatic heterocycles. The first kappa shape index (κ1) is 19.1. The van der Waals surface area contributed by atoms with Crippen molar-refractivity contribution < 1.29 is 14.3 Å². The number of nitrogens with zero attached hydrogens (tertiary/aromatic N) is 1. The summed E-state index contributed by atoms with van der Waals surface area (Å²) >= 11 is 0. The van der Waals surface area contributed by atoms with Crippen LogP contribution in [0.25, 0.3) is 0 Å². The van der Waals surface area contributed by atoms with Gasteiger partial charge in [-0.25, -0.2) is 4.98 Å². The molecule has 1 heterocycles. The van der Waals surface area contributed by atoms with Crippen LogP contribution in [0.4, 0.5) is 17.2 Å². The monoisotopic (exact) mass is 375 g/mol. The highest BCUT2D eigenvalue weighted by molar-refractivity contribution is 5.95. The Kier molecular flexibility index (Phi) is 6.01. The van der Waals surface area contributed by atoms with Crippen LogP contribution in [0, 0.1) is 0 Å². The predicted molar refractivity (Wildman–Crippen MR) is 109 cm³/mol. The zero-order chi connectivity index (χ0) is 19.9. The summed E-state index contributed by atoms with van der Waals surface area (Å²) in [6.45, 7) is 1.53. The van der Waals surface area contributed by atoms with Crippen molar-refractivity contribution in [3.05, 3.63) is 78.0 Å². The molecule has 142 valence electrons. The van der Waals surface area contributed by atoms with Gasteiger partial charge in [0.25, 0.3) is 0 Å². The van der Waals surface area contributed by atoms with Gasteiger partial charge in [0.2, 0.25) is 5.91 Å². The molecular formula is C22H21N3O3. The lowest BCUT2D eigenvalue weighted by Crippen LogP contribution is -2.14. The molecule has 3 aromatic rings. The third-order valence-electron chi connectivity index (χ3n) is 4.11. The van der Waals surface area contributed by atoms with Crippen LogP contribution in [0.2, 0.25) is 0 Å². The molecule has 6 heteroatoms. The van der Waals surface area contributed by atoms with E-state index in [0.717, 1.165) is 17.0 Å². The number of nitrogens with one attached hydrogen (secondary N) is 2. The van der Waals surface area contributed by atoms with E-state index in [1.807, 2.05) is 36.4 Å². The van der Waals surface area contributed by atoms with Crippen molar-refractivity contribution in [2.24, 2.45) is 0 Å². The summed E-state index contributed by atoms with van der Waals surface area (Å²) in [6.07, 6.45) is 1.85. The van der Waals surface area contributed by atoms with Crippen LogP contribution in [-0.4, -0.2) is 23.8 Å². The molecule has 0 fully saturated rings. The van der Waals surface area contributed by atoms with E-state index in [-0.39, 0.29) is 18.1 Å². The Hall–Kier alpha value is -3.67. The number of carbonyl (C=O) groups excluding carboxylic acids is 2. The van der Waals surface area contributed by atoms with Crippen LogP contribution in [-0.2, 0) is 11.2 Å². The van der Waals surface area contributed by atoms with Gasteiger partial charge < -0.3 is 15.4 Å².